The highest BCUT2D eigenvalue weighted by Crippen LogP contribution is 2.27. The van der Waals surface area contributed by atoms with Crippen LogP contribution in [0.4, 0.5) is 0 Å². The predicted molar refractivity (Wildman–Crippen MR) is 104 cm³/mol. The molecule has 0 aromatic carbocycles. The Morgan fingerprint density at radius 2 is 1.22 bits per heavy atom. The molecule has 0 fully saturated rings. The maximum atomic E-state index is 5.63. The van der Waals surface area contributed by atoms with Gasteiger partial charge in [0, 0.05) is 9.81 Å². The first-order valence-electron chi connectivity index (χ1n) is 8.06. The Labute approximate surface area is 146 Å². The molecule has 0 radical (unpaired) electrons. The number of thioether (sulfide) groups is 1. The van der Waals surface area contributed by atoms with Crippen LogP contribution in [0.3, 0.4) is 0 Å². The molecule has 0 aromatic heterocycles. The fourth-order valence-electron chi connectivity index (χ4n) is 1.53. The van der Waals surface area contributed by atoms with Gasteiger partial charge in [0.05, 0.1) is 13.2 Å². The largest absolute Gasteiger partial charge is 0.494 e. The molecule has 0 heterocycles. The quantitative estimate of drug-likeness (QED) is 0.205. The molecule has 0 bridgehead atoms. The Morgan fingerprint density at radius 1 is 0.826 bits per heavy atom. The fourth-order valence-corrected chi connectivity index (χ4v) is 2.22. The molecule has 0 unspecified atom stereocenters. The van der Waals surface area contributed by atoms with Crippen molar-refractivity contribution < 1.29 is 9.47 Å². The molecule has 3 heteroatoms. The molecule has 0 aliphatic carbocycles. The van der Waals surface area contributed by atoms with E-state index >= 15 is 0 Å². The molecule has 0 spiro atoms. The average Bonchev–Trinajstić information content (AvgIpc) is 2.53. The predicted octanol–water partition coefficient (Wildman–Crippen LogP) is 6.52. The van der Waals surface area contributed by atoms with E-state index < -0.39 is 0 Å². The van der Waals surface area contributed by atoms with Crippen molar-refractivity contribution in [1.29, 1.82) is 0 Å². The molecule has 0 saturated heterocycles. The zero-order valence-electron chi connectivity index (χ0n) is 14.6. The van der Waals surface area contributed by atoms with E-state index in [1.165, 1.54) is 11.8 Å². The highest BCUT2D eigenvalue weighted by molar-refractivity contribution is 8.07. The first-order chi connectivity index (χ1) is 11.1. The minimum Gasteiger partial charge on any atom is -0.494 e. The lowest BCUT2D eigenvalue weighted by molar-refractivity contribution is 0.219. The smallest absolute Gasteiger partial charge is 0.119 e. The second-order valence-electron chi connectivity index (χ2n) is 4.94. The lowest BCUT2D eigenvalue weighted by Gasteiger charge is -2.09. The number of allylic oxidation sites excluding steroid dienone is 4. The summed E-state index contributed by atoms with van der Waals surface area (Å²) in [6.07, 6.45) is 11.4. The minimum atomic E-state index is 0.693. The van der Waals surface area contributed by atoms with Gasteiger partial charge in [-0.1, -0.05) is 64.8 Å². The summed E-state index contributed by atoms with van der Waals surface area (Å²) in [7, 11) is 0. The molecule has 0 atom stereocenters. The summed E-state index contributed by atoms with van der Waals surface area (Å²) in [4.78, 5) is 1.68. The second kappa shape index (κ2) is 14.0. The van der Waals surface area contributed by atoms with Gasteiger partial charge >= 0.3 is 0 Å². The van der Waals surface area contributed by atoms with Crippen LogP contribution in [-0.4, -0.2) is 13.2 Å². The van der Waals surface area contributed by atoms with Gasteiger partial charge in [0.25, 0.3) is 0 Å². The van der Waals surface area contributed by atoms with Crippen LogP contribution in [-0.2, 0) is 9.47 Å². The molecule has 23 heavy (non-hydrogen) atoms. The summed E-state index contributed by atoms with van der Waals surface area (Å²) in [6.45, 7) is 21.2. The van der Waals surface area contributed by atoms with Crippen molar-refractivity contribution in [3.63, 3.8) is 0 Å². The van der Waals surface area contributed by atoms with Gasteiger partial charge in [0.1, 0.15) is 11.5 Å². The van der Waals surface area contributed by atoms with Gasteiger partial charge in [-0.15, -0.1) is 0 Å². The molecule has 0 N–H and O–H groups in total. The van der Waals surface area contributed by atoms with E-state index in [1.54, 1.807) is 12.2 Å². The van der Waals surface area contributed by atoms with Crippen molar-refractivity contribution in [2.24, 2.45) is 0 Å². The van der Waals surface area contributed by atoms with Crippen molar-refractivity contribution >= 4 is 11.8 Å². The van der Waals surface area contributed by atoms with E-state index in [1.807, 2.05) is 12.2 Å². The van der Waals surface area contributed by atoms with Gasteiger partial charge in [-0.3, -0.25) is 0 Å². The molecule has 0 aliphatic heterocycles. The molecule has 128 valence electrons. The first-order valence-corrected chi connectivity index (χ1v) is 8.88. The van der Waals surface area contributed by atoms with E-state index in [2.05, 4.69) is 40.2 Å². The van der Waals surface area contributed by atoms with Crippen molar-refractivity contribution in [3.8, 4) is 0 Å². The maximum absolute atomic E-state index is 5.63. The molecule has 0 aliphatic rings. The van der Waals surface area contributed by atoms with Crippen LogP contribution in [0.1, 0.15) is 39.5 Å². The fraction of sp³-hybridized carbons (Fsp3) is 0.400. The average molecular weight is 335 g/mol. The van der Waals surface area contributed by atoms with Gasteiger partial charge in [0.2, 0.25) is 0 Å². The molecule has 2 nitrogen and oxygen atoms in total. The lowest BCUT2D eigenvalue weighted by Crippen LogP contribution is -1.93. The Morgan fingerprint density at radius 3 is 1.52 bits per heavy atom. The second-order valence-corrected chi connectivity index (χ2v) is 6.19. The van der Waals surface area contributed by atoms with Crippen LogP contribution in [0.25, 0.3) is 0 Å². The summed E-state index contributed by atoms with van der Waals surface area (Å²) >= 11 is 1.47. The lowest BCUT2D eigenvalue weighted by atomic mass is 10.3. The van der Waals surface area contributed by atoms with Gasteiger partial charge in [-0.05, 0) is 37.1 Å². The Hall–Kier alpha value is -1.61. The van der Waals surface area contributed by atoms with Crippen molar-refractivity contribution in [2.45, 2.75) is 39.5 Å². The van der Waals surface area contributed by atoms with Crippen LogP contribution in [0, 0.1) is 0 Å². The third-order valence-electron chi connectivity index (χ3n) is 2.80. The van der Waals surface area contributed by atoms with Crippen molar-refractivity contribution in [1.82, 2.24) is 0 Å². The zero-order valence-corrected chi connectivity index (χ0v) is 15.4. The number of hydrogen-bond acceptors (Lipinski definition) is 3. The monoisotopic (exact) mass is 334 g/mol. The summed E-state index contributed by atoms with van der Waals surface area (Å²) in [5, 5.41) is 0. The van der Waals surface area contributed by atoms with Gasteiger partial charge < -0.3 is 9.47 Å². The summed E-state index contributed by atoms with van der Waals surface area (Å²) < 4.78 is 11.3. The highest BCUT2D eigenvalue weighted by atomic mass is 32.2. The van der Waals surface area contributed by atoms with Crippen LogP contribution < -0.4 is 0 Å². The van der Waals surface area contributed by atoms with Crippen LogP contribution in [0.2, 0.25) is 0 Å². The molecule has 0 aromatic rings. The van der Waals surface area contributed by atoms with Gasteiger partial charge in [-0.2, -0.15) is 0 Å². The topological polar surface area (TPSA) is 18.5 Å². The summed E-state index contributed by atoms with van der Waals surface area (Å²) in [5.74, 6) is 1.46. The molecular weight excluding hydrogens is 304 g/mol. The maximum Gasteiger partial charge on any atom is 0.119 e. The summed E-state index contributed by atoms with van der Waals surface area (Å²) in [6, 6.07) is 0. The van der Waals surface area contributed by atoms with E-state index in [0.29, 0.717) is 13.2 Å². The van der Waals surface area contributed by atoms with Crippen molar-refractivity contribution in [3.05, 3.63) is 71.9 Å². The van der Waals surface area contributed by atoms with E-state index in [4.69, 9.17) is 9.47 Å². The SMILES string of the molecule is C=C/C(=C\C(=C)SC(=C)/C=C(\C=C)OCCCC)OCCCC. The Balaban J connectivity index is 4.52. The van der Waals surface area contributed by atoms with Gasteiger partial charge in [0.15, 0.2) is 0 Å². The number of rotatable bonds is 14. The van der Waals surface area contributed by atoms with E-state index in [9.17, 15) is 0 Å². The van der Waals surface area contributed by atoms with Gasteiger partial charge in [-0.25, -0.2) is 0 Å². The first kappa shape index (κ1) is 21.4. The van der Waals surface area contributed by atoms with E-state index in [0.717, 1.165) is 47.0 Å². The standard InChI is InChI=1S/C20H30O2S/c1-7-11-13-21-19(9-3)15-17(5)23-18(6)16-20(10-4)22-14-12-8-2/h9-10,15-16H,3-8,11-14H2,1-2H3/b19-15+,20-16+. The third-order valence-corrected chi connectivity index (χ3v) is 3.56. The minimum absolute atomic E-state index is 0.693. The molecule has 0 rings (SSSR count). The molecule has 0 saturated carbocycles. The van der Waals surface area contributed by atoms with Crippen LogP contribution in [0.5, 0.6) is 0 Å². The zero-order chi connectivity index (χ0) is 17.5. The van der Waals surface area contributed by atoms with E-state index in [-0.39, 0.29) is 0 Å². The third kappa shape index (κ3) is 11.6. The summed E-state index contributed by atoms with van der Waals surface area (Å²) in [5.41, 5.74) is 0. The normalized spacial score (nSPS) is 11.7. The molecular formula is C20H30O2S. The molecule has 0 amide bonds. The van der Waals surface area contributed by atoms with Crippen molar-refractivity contribution in [2.75, 3.05) is 13.2 Å². The number of hydrogen-bond donors (Lipinski definition) is 0. The highest BCUT2D eigenvalue weighted by Gasteiger charge is 2.00. The Bertz CT molecular complexity index is 416. The number of ether oxygens (including phenoxy) is 2. The number of unbranched alkanes of at least 4 members (excludes halogenated alkanes) is 2. The Kier molecular flexibility index (Phi) is 13.0. The van der Waals surface area contributed by atoms with Crippen LogP contribution >= 0.6 is 11.8 Å². The van der Waals surface area contributed by atoms with Crippen LogP contribution in [0.15, 0.2) is 71.9 Å².